The van der Waals surface area contributed by atoms with Crippen LogP contribution < -0.4 is 0 Å². The van der Waals surface area contributed by atoms with Crippen LogP contribution in [0.4, 0.5) is 4.79 Å². The van der Waals surface area contributed by atoms with E-state index in [0.29, 0.717) is 16.1 Å². The van der Waals surface area contributed by atoms with Crippen LogP contribution in [0.2, 0.25) is 5.02 Å². The summed E-state index contributed by atoms with van der Waals surface area (Å²) >= 11 is 6.84. The molecule has 2 aromatic rings. The van der Waals surface area contributed by atoms with Gasteiger partial charge in [-0.05, 0) is 47.2 Å². The van der Waals surface area contributed by atoms with Gasteiger partial charge in [-0.15, -0.1) is 0 Å². The Morgan fingerprint density at radius 2 is 1.87 bits per heavy atom. The van der Waals surface area contributed by atoms with Crippen LogP contribution in [0.1, 0.15) is 17.2 Å². The fourth-order valence-electron chi connectivity index (χ4n) is 2.79. The Bertz CT molecular complexity index is 1010. The predicted molar refractivity (Wildman–Crippen MR) is 115 cm³/mol. The third-order valence-corrected chi connectivity index (χ3v) is 5.76. The Morgan fingerprint density at radius 1 is 1.20 bits per heavy atom. The second-order valence-electron chi connectivity index (χ2n) is 6.67. The molecular formula is C21H19ClN2O5S. The maximum atomic E-state index is 12.6. The molecule has 7 nitrogen and oxygen atoms in total. The van der Waals surface area contributed by atoms with Crippen LogP contribution in [0, 0.1) is 0 Å². The van der Waals surface area contributed by atoms with E-state index >= 15 is 0 Å². The fraction of sp³-hybridized carbons (Fsp3) is 0.190. The fourth-order valence-corrected chi connectivity index (χ4v) is 3.81. The molecule has 3 rings (SSSR count). The van der Waals surface area contributed by atoms with Crippen LogP contribution >= 0.6 is 23.4 Å². The number of aliphatic hydroxyl groups is 1. The first kappa shape index (κ1) is 21.9. The standard InChI is InChI=1S/C21H19ClN2O5S/c1-23(11-17(26)13-6-8-15(25)9-7-13)19(27)12-24-20(28)18(30-21(24)29)10-14-4-2-3-5-16(14)22/h2-10,17,25-26H,11-12H2,1H3/b18-10-. The van der Waals surface area contributed by atoms with Crippen molar-refractivity contribution in [3.05, 3.63) is 69.6 Å². The summed E-state index contributed by atoms with van der Waals surface area (Å²) in [6, 6.07) is 12.9. The number of aromatic hydroxyl groups is 1. The summed E-state index contributed by atoms with van der Waals surface area (Å²) in [5.74, 6) is -0.987. The Labute approximate surface area is 182 Å². The molecule has 1 aliphatic rings. The van der Waals surface area contributed by atoms with Crippen molar-refractivity contribution in [2.24, 2.45) is 0 Å². The van der Waals surface area contributed by atoms with Gasteiger partial charge < -0.3 is 15.1 Å². The summed E-state index contributed by atoms with van der Waals surface area (Å²) in [4.78, 5) is 39.7. The van der Waals surface area contributed by atoms with Crippen LogP contribution in [0.5, 0.6) is 5.75 Å². The van der Waals surface area contributed by atoms with Crippen molar-refractivity contribution in [3.8, 4) is 5.75 Å². The monoisotopic (exact) mass is 446 g/mol. The molecule has 2 aromatic carbocycles. The average Bonchev–Trinajstić information content (AvgIpc) is 2.97. The first-order chi connectivity index (χ1) is 14.3. The molecule has 3 amide bonds. The van der Waals surface area contributed by atoms with Gasteiger partial charge >= 0.3 is 0 Å². The minimum atomic E-state index is -0.977. The number of rotatable bonds is 6. The zero-order valence-corrected chi connectivity index (χ0v) is 17.6. The normalized spacial score (nSPS) is 16.2. The first-order valence-electron chi connectivity index (χ1n) is 8.97. The van der Waals surface area contributed by atoms with Gasteiger partial charge in [0, 0.05) is 12.1 Å². The highest BCUT2D eigenvalue weighted by Crippen LogP contribution is 2.33. The molecule has 156 valence electrons. The van der Waals surface area contributed by atoms with Crippen LogP contribution in [-0.2, 0) is 9.59 Å². The zero-order chi connectivity index (χ0) is 21.8. The van der Waals surface area contributed by atoms with Crippen molar-refractivity contribution >= 4 is 46.5 Å². The second kappa shape index (κ2) is 9.34. The number of phenolic OH excluding ortho intramolecular Hbond substituents is 1. The first-order valence-corrected chi connectivity index (χ1v) is 10.2. The molecule has 1 saturated heterocycles. The van der Waals surface area contributed by atoms with Gasteiger partial charge in [0.05, 0.1) is 17.6 Å². The molecular weight excluding hydrogens is 428 g/mol. The number of thioether (sulfide) groups is 1. The van der Waals surface area contributed by atoms with Crippen molar-refractivity contribution < 1.29 is 24.6 Å². The summed E-state index contributed by atoms with van der Waals surface area (Å²) in [7, 11) is 1.48. The SMILES string of the molecule is CN(CC(O)c1ccc(O)cc1)C(=O)CN1C(=O)S/C(=C\c2ccccc2Cl)C1=O. The lowest BCUT2D eigenvalue weighted by molar-refractivity contribution is -0.135. The van der Waals surface area contributed by atoms with E-state index in [0.717, 1.165) is 16.7 Å². The highest BCUT2D eigenvalue weighted by molar-refractivity contribution is 8.18. The number of nitrogens with zero attached hydrogens (tertiary/aromatic N) is 2. The Morgan fingerprint density at radius 3 is 2.53 bits per heavy atom. The molecule has 0 aromatic heterocycles. The van der Waals surface area contributed by atoms with Crippen molar-refractivity contribution in [3.63, 3.8) is 0 Å². The van der Waals surface area contributed by atoms with Gasteiger partial charge in [-0.3, -0.25) is 19.3 Å². The summed E-state index contributed by atoms with van der Waals surface area (Å²) < 4.78 is 0. The van der Waals surface area contributed by atoms with Crippen LogP contribution in [0.25, 0.3) is 6.08 Å². The van der Waals surface area contributed by atoms with Gasteiger partial charge in [0.2, 0.25) is 5.91 Å². The minimum absolute atomic E-state index is 0.0324. The van der Waals surface area contributed by atoms with Gasteiger partial charge in [-0.2, -0.15) is 0 Å². The van der Waals surface area contributed by atoms with Gasteiger partial charge in [-0.25, -0.2) is 0 Å². The van der Waals surface area contributed by atoms with Crippen LogP contribution in [0.3, 0.4) is 0 Å². The zero-order valence-electron chi connectivity index (χ0n) is 16.0. The lowest BCUT2D eigenvalue weighted by Crippen LogP contribution is -2.41. The number of benzene rings is 2. The third kappa shape index (κ3) is 5.02. The van der Waals surface area contributed by atoms with Crippen LogP contribution in [-0.4, -0.2) is 57.2 Å². The lowest BCUT2D eigenvalue weighted by atomic mass is 10.1. The molecule has 0 radical (unpaired) electrons. The Hall–Kier alpha value is -2.81. The number of aliphatic hydroxyl groups excluding tert-OH is 1. The summed E-state index contributed by atoms with van der Waals surface area (Å²) in [5, 5.41) is 19.5. The third-order valence-electron chi connectivity index (χ3n) is 4.51. The maximum absolute atomic E-state index is 12.6. The van der Waals surface area contributed by atoms with E-state index in [9.17, 15) is 24.6 Å². The summed E-state index contributed by atoms with van der Waals surface area (Å²) in [5.41, 5.74) is 1.13. The molecule has 30 heavy (non-hydrogen) atoms. The summed E-state index contributed by atoms with van der Waals surface area (Å²) in [6.45, 7) is -0.460. The van der Waals surface area contributed by atoms with Crippen molar-refractivity contribution in [2.75, 3.05) is 20.1 Å². The predicted octanol–water partition coefficient (Wildman–Crippen LogP) is 3.27. The number of carbonyl (C=O) groups is 3. The topological polar surface area (TPSA) is 98.2 Å². The van der Waals surface area contributed by atoms with Crippen LogP contribution in [0.15, 0.2) is 53.4 Å². The van der Waals surface area contributed by atoms with Gasteiger partial charge in [0.15, 0.2) is 0 Å². The number of imide groups is 1. The van der Waals surface area contributed by atoms with E-state index in [4.69, 9.17) is 11.6 Å². The number of phenols is 1. The molecule has 1 unspecified atom stereocenters. The highest BCUT2D eigenvalue weighted by Gasteiger charge is 2.37. The molecule has 1 aliphatic heterocycles. The van der Waals surface area contributed by atoms with E-state index in [-0.39, 0.29) is 17.2 Å². The molecule has 9 heteroatoms. The molecule has 1 fully saturated rings. The number of carbonyl (C=O) groups excluding carboxylic acids is 3. The molecule has 0 saturated carbocycles. The Balaban J connectivity index is 1.64. The number of hydrogen-bond acceptors (Lipinski definition) is 6. The Kier molecular flexibility index (Phi) is 6.81. The molecule has 2 N–H and O–H groups in total. The van der Waals surface area contributed by atoms with Crippen molar-refractivity contribution in [1.29, 1.82) is 0 Å². The average molecular weight is 447 g/mol. The van der Waals surface area contributed by atoms with Gasteiger partial charge in [-0.1, -0.05) is 41.9 Å². The van der Waals surface area contributed by atoms with E-state index in [1.165, 1.54) is 30.2 Å². The lowest BCUT2D eigenvalue weighted by Gasteiger charge is -2.23. The van der Waals surface area contributed by atoms with Gasteiger partial charge in [0.25, 0.3) is 11.1 Å². The molecule has 1 heterocycles. The quantitative estimate of drug-likeness (QED) is 0.661. The molecule has 0 aliphatic carbocycles. The van der Waals surface area contributed by atoms with E-state index in [2.05, 4.69) is 0 Å². The minimum Gasteiger partial charge on any atom is -0.508 e. The summed E-state index contributed by atoms with van der Waals surface area (Å²) in [6.07, 6.45) is 0.547. The number of hydrogen-bond donors (Lipinski definition) is 2. The smallest absolute Gasteiger partial charge is 0.294 e. The largest absolute Gasteiger partial charge is 0.508 e. The number of amides is 3. The van der Waals surface area contributed by atoms with Crippen molar-refractivity contribution in [1.82, 2.24) is 9.80 Å². The number of likely N-dealkylation sites (N-methyl/N-ethyl adjacent to an activating group) is 1. The van der Waals surface area contributed by atoms with E-state index < -0.39 is 29.7 Å². The maximum Gasteiger partial charge on any atom is 0.294 e. The molecule has 0 spiro atoms. The second-order valence-corrected chi connectivity index (χ2v) is 8.07. The van der Waals surface area contributed by atoms with Crippen molar-refractivity contribution in [2.45, 2.75) is 6.10 Å². The van der Waals surface area contributed by atoms with Gasteiger partial charge in [0.1, 0.15) is 12.3 Å². The van der Waals surface area contributed by atoms with E-state index in [1.807, 2.05) is 0 Å². The van der Waals surface area contributed by atoms with E-state index in [1.54, 1.807) is 36.4 Å². The highest BCUT2D eigenvalue weighted by atomic mass is 35.5. The number of halogens is 1. The molecule has 0 bridgehead atoms. The molecule has 1 atom stereocenters.